The average Bonchev–Trinajstić information content (AvgIpc) is 2.23. The molecular weight excluding hydrogens is 180 g/mol. The summed E-state index contributed by atoms with van der Waals surface area (Å²) in [5.74, 6) is 0. The number of hydrogen-bond acceptors (Lipinski definition) is 5. The van der Waals surface area contributed by atoms with Crippen molar-refractivity contribution in [2.24, 2.45) is 0 Å². The zero-order chi connectivity index (χ0) is 10.1. The van der Waals surface area contributed by atoms with Crippen molar-refractivity contribution in [2.45, 2.75) is 6.23 Å². The van der Waals surface area contributed by atoms with Gasteiger partial charge in [-0.2, -0.15) is 0 Å². The van der Waals surface area contributed by atoms with Crippen molar-refractivity contribution in [1.82, 2.24) is 0 Å². The summed E-state index contributed by atoms with van der Waals surface area (Å²) in [6.07, 6.45) is -0.0633. The Kier molecular flexibility index (Phi) is 2.09. The summed E-state index contributed by atoms with van der Waals surface area (Å²) in [5, 5.41) is 6.35. The van der Waals surface area contributed by atoms with Gasteiger partial charge >= 0.3 is 0 Å². The summed E-state index contributed by atoms with van der Waals surface area (Å²) in [6.45, 7) is 0.678. The molecule has 1 aliphatic heterocycles. The number of rotatable bonds is 1. The van der Waals surface area contributed by atoms with Crippen LogP contribution in [0.4, 0.5) is 22.7 Å². The number of fused-ring (bicyclic) bond motifs is 1. The molecular formula is C9H14N4O. The van der Waals surface area contributed by atoms with Crippen molar-refractivity contribution in [2.75, 3.05) is 35.8 Å². The minimum atomic E-state index is -0.0633. The Balaban J connectivity index is 2.40. The van der Waals surface area contributed by atoms with E-state index < -0.39 is 0 Å². The first-order valence-electron chi connectivity index (χ1n) is 4.43. The molecule has 76 valence electrons. The number of anilines is 4. The number of benzene rings is 1. The lowest BCUT2D eigenvalue weighted by atomic mass is 10.1. The van der Waals surface area contributed by atoms with E-state index in [2.05, 4.69) is 10.6 Å². The van der Waals surface area contributed by atoms with Gasteiger partial charge in [0, 0.05) is 7.11 Å². The fourth-order valence-electron chi connectivity index (χ4n) is 1.53. The summed E-state index contributed by atoms with van der Waals surface area (Å²) in [4.78, 5) is 0. The molecule has 14 heavy (non-hydrogen) atoms. The Bertz CT molecular complexity index is 353. The third-order valence-electron chi connectivity index (χ3n) is 2.32. The molecule has 5 nitrogen and oxygen atoms in total. The fraction of sp³-hybridized carbons (Fsp3) is 0.333. The maximum Gasteiger partial charge on any atom is 0.144 e. The zero-order valence-electron chi connectivity index (χ0n) is 8.00. The van der Waals surface area contributed by atoms with Gasteiger partial charge < -0.3 is 26.8 Å². The zero-order valence-corrected chi connectivity index (χ0v) is 8.00. The standard InChI is InChI=1S/C9H14N4O/c1-14-7-4-12-8-5(10)2-3-6(11)9(8)13-7/h2-3,7,12-13H,4,10-11H2,1H3. The van der Waals surface area contributed by atoms with Crippen LogP contribution in [0.25, 0.3) is 0 Å². The van der Waals surface area contributed by atoms with Gasteiger partial charge in [-0.25, -0.2) is 0 Å². The van der Waals surface area contributed by atoms with E-state index >= 15 is 0 Å². The van der Waals surface area contributed by atoms with Gasteiger partial charge in [-0.15, -0.1) is 0 Å². The first-order valence-corrected chi connectivity index (χ1v) is 4.43. The molecule has 0 saturated carbocycles. The Morgan fingerprint density at radius 3 is 2.57 bits per heavy atom. The van der Waals surface area contributed by atoms with E-state index in [0.717, 1.165) is 11.4 Å². The van der Waals surface area contributed by atoms with Crippen LogP contribution in [-0.2, 0) is 4.74 Å². The summed E-state index contributed by atoms with van der Waals surface area (Å²) < 4.78 is 5.17. The second-order valence-electron chi connectivity index (χ2n) is 3.24. The number of hydrogen-bond donors (Lipinski definition) is 4. The molecule has 1 aliphatic rings. The molecule has 0 aliphatic carbocycles. The molecule has 1 unspecified atom stereocenters. The second-order valence-corrected chi connectivity index (χ2v) is 3.24. The highest BCUT2D eigenvalue weighted by molar-refractivity contribution is 5.90. The Morgan fingerprint density at radius 2 is 1.93 bits per heavy atom. The van der Waals surface area contributed by atoms with Gasteiger partial charge in [0.2, 0.25) is 0 Å². The van der Waals surface area contributed by atoms with Gasteiger partial charge in [-0.3, -0.25) is 0 Å². The normalized spacial score (nSPS) is 19.4. The van der Waals surface area contributed by atoms with Crippen LogP contribution in [-0.4, -0.2) is 19.9 Å². The Labute approximate surface area is 82.4 Å². The van der Waals surface area contributed by atoms with Crippen molar-refractivity contribution in [3.63, 3.8) is 0 Å². The van der Waals surface area contributed by atoms with Gasteiger partial charge in [0.15, 0.2) is 0 Å². The van der Waals surface area contributed by atoms with Gasteiger partial charge in [0.1, 0.15) is 6.23 Å². The summed E-state index contributed by atoms with van der Waals surface area (Å²) in [7, 11) is 1.65. The number of methoxy groups -OCH3 is 1. The molecule has 1 atom stereocenters. The van der Waals surface area contributed by atoms with E-state index in [-0.39, 0.29) is 6.23 Å². The average molecular weight is 194 g/mol. The second kappa shape index (κ2) is 3.26. The lowest BCUT2D eigenvalue weighted by Gasteiger charge is -2.29. The molecule has 0 aromatic heterocycles. The Hall–Kier alpha value is -1.62. The molecule has 6 N–H and O–H groups in total. The molecule has 1 heterocycles. The predicted molar refractivity (Wildman–Crippen MR) is 58.2 cm³/mol. The van der Waals surface area contributed by atoms with Crippen LogP contribution in [0.1, 0.15) is 0 Å². The van der Waals surface area contributed by atoms with Crippen LogP contribution < -0.4 is 22.1 Å². The molecule has 0 amide bonds. The smallest absolute Gasteiger partial charge is 0.144 e. The SMILES string of the molecule is COC1CNc2c(N)ccc(N)c2N1. The van der Waals surface area contributed by atoms with E-state index in [1.807, 2.05) is 0 Å². The minimum Gasteiger partial charge on any atom is -0.397 e. The maximum atomic E-state index is 5.81. The van der Waals surface area contributed by atoms with E-state index in [4.69, 9.17) is 16.2 Å². The highest BCUT2D eigenvalue weighted by Gasteiger charge is 2.19. The summed E-state index contributed by atoms with van der Waals surface area (Å²) in [5.41, 5.74) is 14.7. The lowest BCUT2D eigenvalue weighted by molar-refractivity contribution is 0.134. The summed E-state index contributed by atoms with van der Waals surface area (Å²) >= 11 is 0. The monoisotopic (exact) mass is 194 g/mol. The van der Waals surface area contributed by atoms with Crippen molar-refractivity contribution in [3.8, 4) is 0 Å². The molecule has 0 saturated heterocycles. The van der Waals surface area contributed by atoms with Crippen molar-refractivity contribution in [3.05, 3.63) is 12.1 Å². The van der Waals surface area contributed by atoms with Crippen molar-refractivity contribution in [1.29, 1.82) is 0 Å². The summed E-state index contributed by atoms with van der Waals surface area (Å²) in [6, 6.07) is 3.57. The van der Waals surface area contributed by atoms with E-state index in [1.165, 1.54) is 0 Å². The van der Waals surface area contributed by atoms with Crippen LogP contribution >= 0.6 is 0 Å². The van der Waals surface area contributed by atoms with Gasteiger partial charge in [0.05, 0.1) is 29.3 Å². The highest BCUT2D eigenvalue weighted by atomic mass is 16.5. The number of ether oxygens (including phenoxy) is 1. The highest BCUT2D eigenvalue weighted by Crippen LogP contribution is 2.36. The van der Waals surface area contributed by atoms with Crippen LogP contribution in [0.3, 0.4) is 0 Å². The molecule has 2 rings (SSSR count). The molecule has 0 fully saturated rings. The van der Waals surface area contributed by atoms with Crippen LogP contribution in [0, 0.1) is 0 Å². The molecule has 1 aromatic carbocycles. The molecule has 1 aromatic rings. The lowest BCUT2D eigenvalue weighted by Crippen LogP contribution is -2.35. The van der Waals surface area contributed by atoms with Gasteiger partial charge in [-0.05, 0) is 12.1 Å². The maximum absolute atomic E-state index is 5.81. The van der Waals surface area contributed by atoms with Crippen LogP contribution in [0.15, 0.2) is 12.1 Å². The molecule has 5 heteroatoms. The Morgan fingerprint density at radius 1 is 1.29 bits per heavy atom. The van der Waals surface area contributed by atoms with Crippen LogP contribution in [0.5, 0.6) is 0 Å². The number of nitrogens with two attached hydrogens (primary N) is 2. The number of nitrogens with one attached hydrogen (secondary N) is 2. The minimum absolute atomic E-state index is 0.0633. The predicted octanol–water partition coefficient (Wildman–Crippen LogP) is 0.661. The number of nitrogen functional groups attached to an aromatic ring is 2. The van der Waals surface area contributed by atoms with Crippen molar-refractivity contribution < 1.29 is 4.74 Å². The molecule has 0 radical (unpaired) electrons. The largest absolute Gasteiger partial charge is 0.397 e. The van der Waals surface area contributed by atoms with Crippen LogP contribution in [0.2, 0.25) is 0 Å². The fourth-order valence-corrected chi connectivity index (χ4v) is 1.53. The topological polar surface area (TPSA) is 85.3 Å². The van der Waals surface area contributed by atoms with Crippen molar-refractivity contribution >= 4 is 22.7 Å². The van der Waals surface area contributed by atoms with E-state index in [9.17, 15) is 0 Å². The quantitative estimate of drug-likeness (QED) is 0.493. The third kappa shape index (κ3) is 1.31. The molecule has 0 spiro atoms. The first-order chi connectivity index (χ1) is 6.72. The molecule has 0 bridgehead atoms. The van der Waals surface area contributed by atoms with Gasteiger partial charge in [0.25, 0.3) is 0 Å². The van der Waals surface area contributed by atoms with Gasteiger partial charge in [-0.1, -0.05) is 0 Å². The van der Waals surface area contributed by atoms with E-state index in [0.29, 0.717) is 17.9 Å². The third-order valence-corrected chi connectivity index (χ3v) is 2.32. The van der Waals surface area contributed by atoms with E-state index in [1.54, 1.807) is 19.2 Å². The first kappa shape index (κ1) is 8.96.